The van der Waals surface area contributed by atoms with Crippen LogP contribution in [-0.2, 0) is 14.3 Å². The van der Waals surface area contributed by atoms with E-state index in [2.05, 4.69) is 11.9 Å². The van der Waals surface area contributed by atoms with Crippen molar-refractivity contribution in [1.82, 2.24) is 4.98 Å². The summed E-state index contributed by atoms with van der Waals surface area (Å²) >= 11 is 0.950. The first-order valence-electron chi connectivity index (χ1n) is 14.0. The fraction of sp³-hybridized carbons (Fsp3) is 0.375. The number of Topliss-reactive ketones (excluding diaryl/α,β-unsaturated/α-hetero) is 1. The van der Waals surface area contributed by atoms with Gasteiger partial charge in [-0.3, -0.25) is 14.5 Å². The van der Waals surface area contributed by atoms with E-state index in [0.29, 0.717) is 40.7 Å². The number of nitrogens with zero attached hydrogens (tertiary/aromatic N) is 2. The van der Waals surface area contributed by atoms with Gasteiger partial charge in [-0.2, -0.15) is 0 Å². The van der Waals surface area contributed by atoms with E-state index in [4.69, 9.17) is 18.9 Å². The molecule has 0 aliphatic carbocycles. The molecule has 1 atom stereocenters. The Kier molecular flexibility index (Phi) is 10.1. The first-order chi connectivity index (χ1) is 20.6. The zero-order valence-corrected chi connectivity index (χ0v) is 25.9. The minimum Gasteiger partial charge on any atom is -0.507 e. The Morgan fingerprint density at radius 1 is 1.07 bits per heavy atom. The Hall–Kier alpha value is -4.38. The number of carbonyl (C=O) groups is 3. The number of hydrogen-bond acceptors (Lipinski definition) is 10. The van der Waals surface area contributed by atoms with Crippen molar-refractivity contribution >= 4 is 39.9 Å². The predicted octanol–water partition coefficient (Wildman–Crippen LogP) is 6.09. The van der Waals surface area contributed by atoms with E-state index in [1.54, 1.807) is 49.4 Å². The fourth-order valence-electron chi connectivity index (χ4n) is 4.55. The van der Waals surface area contributed by atoms with Gasteiger partial charge >= 0.3 is 11.9 Å². The van der Waals surface area contributed by atoms with Crippen molar-refractivity contribution in [3.8, 4) is 17.2 Å². The van der Waals surface area contributed by atoms with E-state index in [1.165, 1.54) is 19.1 Å². The largest absolute Gasteiger partial charge is 0.507 e. The van der Waals surface area contributed by atoms with Gasteiger partial charge in [0.05, 0.1) is 44.7 Å². The molecule has 1 saturated heterocycles. The fourth-order valence-corrected chi connectivity index (χ4v) is 5.54. The number of thiazole rings is 1. The van der Waals surface area contributed by atoms with E-state index in [1.807, 2.05) is 13.8 Å². The van der Waals surface area contributed by atoms with Crippen molar-refractivity contribution in [2.75, 3.05) is 32.3 Å². The summed E-state index contributed by atoms with van der Waals surface area (Å²) in [5.41, 5.74) is 1.03. The van der Waals surface area contributed by atoms with Gasteiger partial charge < -0.3 is 24.1 Å². The predicted molar refractivity (Wildman–Crippen MR) is 163 cm³/mol. The van der Waals surface area contributed by atoms with Crippen LogP contribution in [0.5, 0.6) is 17.2 Å². The van der Waals surface area contributed by atoms with E-state index in [-0.39, 0.29) is 33.9 Å². The molecular formula is C32H36N2O8S. The lowest BCUT2D eigenvalue weighted by Crippen LogP contribution is -2.29. The van der Waals surface area contributed by atoms with E-state index in [9.17, 15) is 19.5 Å². The number of hydrogen-bond donors (Lipinski definition) is 1. The summed E-state index contributed by atoms with van der Waals surface area (Å²) in [5, 5.41) is 11.6. The number of aromatic nitrogens is 1. The number of benzene rings is 2. The third-order valence-electron chi connectivity index (χ3n) is 6.79. The average Bonchev–Trinajstić information content (AvgIpc) is 3.51. The number of ketones is 1. The molecule has 1 unspecified atom stereocenters. The third-order valence-corrected chi connectivity index (χ3v) is 7.92. The van der Waals surface area contributed by atoms with E-state index in [0.717, 1.165) is 24.2 Å². The van der Waals surface area contributed by atoms with Crippen LogP contribution < -0.4 is 19.1 Å². The maximum atomic E-state index is 13.6. The van der Waals surface area contributed by atoms with Crippen molar-refractivity contribution in [3.63, 3.8) is 0 Å². The number of methoxy groups -OCH3 is 2. The molecule has 1 aromatic heterocycles. The SMILES string of the molecule is CCCCOc1ccc(/C(O)=C2/C(=O)C(=O)N(c3nc(C)c(C(=O)OCC(C)C)s3)C2c2ccc(OC)c(OC)c2)cc1. The quantitative estimate of drug-likeness (QED) is 0.0855. The van der Waals surface area contributed by atoms with Gasteiger partial charge in [0.15, 0.2) is 16.6 Å². The molecule has 1 fully saturated rings. The zero-order chi connectivity index (χ0) is 31.3. The highest BCUT2D eigenvalue weighted by atomic mass is 32.1. The first-order valence-corrected chi connectivity index (χ1v) is 14.8. The molecule has 1 aliphatic heterocycles. The lowest BCUT2D eigenvalue weighted by Gasteiger charge is -2.23. The zero-order valence-electron chi connectivity index (χ0n) is 25.1. The molecule has 10 nitrogen and oxygen atoms in total. The summed E-state index contributed by atoms with van der Waals surface area (Å²) < 4.78 is 22.0. The number of esters is 1. The van der Waals surface area contributed by atoms with Crippen molar-refractivity contribution in [3.05, 3.63) is 69.7 Å². The summed E-state index contributed by atoms with van der Waals surface area (Å²) in [4.78, 5) is 45.9. The van der Waals surface area contributed by atoms with Crippen molar-refractivity contribution in [1.29, 1.82) is 0 Å². The van der Waals surface area contributed by atoms with E-state index < -0.39 is 23.7 Å². The molecule has 11 heteroatoms. The molecule has 2 heterocycles. The topological polar surface area (TPSA) is 124 Å². The number of aliphatic hydroxyl groups is 1. The first kappa shape index (κ1) is 31.6. The number of anilines is 1. The lowest BCUT2D eigenvalue weighted by atomic mass is 9.95. The van der Waals surface area contributed by atoms with Gasteiger partial charge in [0.25, 0.3) is 5.78 Å². The standard InChI is InChI=1S/C32H36N2O8S/c1-7-8-15-41-22-12-9-20(10-13-22)27(35)25-26(21-11-14-23(39-5)24(16-21)40-6)34(30(37)28(25)36)32-33-19(4)29(43-32)31(38)42-17-18(2)3/h9-14,16,18,26,35H,7-8,15,17H2,1-6H3/b27-25-. The normalized spacial score (nSPS) is 16.1. The molecule has 1 N–H and O–H groups in total. The van der Waals surface area contributed by atoms with Crippen LogP contribution in [-0.4, -0.2) is 55.2 Å². The number of ether oxygens (including phenoxy) is 4. The van der Waals surface area contributed by atoms with E-state index >= 15 is 0 Å². The summed E-state index contributed by atoms with van der Waals surface area (Å²) in [7, 11) is 2.97. The Morgan fingerprint density at radius 3 is 2.40 bits per heavy atom. The summed E-state index contributed by atoms with van der Waals surface area (Å²) in [6.07, 6.45) is 1.90. The summed E-state index contributed by atoms with van der Waals surface area (Å²) in [6, 6.07) is 10.6. The number of aliphatic hydroxyl groups excluding tert-OH is 1. The summed E-state index contributed by atoms with van der Waals surface area (Å²) in [6.45, 7) is 8.34. The highest BCUT2D eigenvalue weighted by molar-refractivity contribution is 7.17. The molecule has 228 valence electrons. The van der Waals surface area contributed by atoms with Crippen LogP contribution in [0, 0.1) is 12.8 Å². The van der Waals surface area contributed by atoms with Gasteiger partial charge in [-0.25, -0.2) is 9.78 Å². The highest BCUT2D eigenvalue weighted by Gasteiger charge is 2.48. The lowest BCUT2D eigenvalue weighted by molar-refractivity contribution is -0.132. The van der Waals surface area contributed by atoms with Crippen molar-refractivity contribution < 1.29 is 38.4 Å². The minimum absolute atomic E-state index is 0.120. The second-order valence-electron chi connectivity index (χ2n) is 10.4. The molecule has 0 saturated carbocycles. The molecule has 0 radical (unpaired) electrons. The number of carbonyl (C=O) groups excluding carboxylic acids is 3. The van der Waals surface area contributed by atoms with Gasteiger partial charge in [-0.1, -0.05) is 44.6 Å². The van der Waals surface area contributed by atoms with Crippen LogP contribution in [0.4, 0.5) is 5.13 Å². The molecule has 43 heavy (non-hydrogen) atoms. The molecule has 3 aromatic rings. The molecule has 2 aromatic carbocycles. The minimum atomic E-state index is -1.08. The van der Waals surface area contributed by atoms with Crippen LogP contribution in [0.1, 0.15) is 66.1 Å². The van der Waals surface area contributed by atoms with Gasteiger partial charge in [0, 0.05) is 5.56 Å². The molecular weight excluding hydrogens is 572 g/mol. The maximum Gasteiger partial charge on any atom is 0.350 e. The van der Waals surface area contributed by atoms with Crippen LogP contribution in [0.2, 0.25) is 0 Å². The Balaban J connectivity index is 1.83. The monoisotopic (exact) mass is 608 g/mol. The molecule has 0 bridgehead atoms. The average molecular weight is 609 g/mol. The Labute approximate surface area is 254 Å². The van der Waals surface area contributed by atoms with Crippen LogP contribution >= 0.6 is 11.3 Å². The molecule has 4 rings (SSSR count). The van der Waals surface area contributed by atoms with Crippen LogP contribution in [0.3, 0.4) is 0 Å². The number of amides is 1. The second-order valence-corrected chi connectivity index (χ2v) is 11.4. The second kappa shape index (κ2) is 13.7. The molecule has 0 spiro atoms. The van der Waals surface area contributed by atoms with Gasteiger partial charge in [-0.15, -0.1) is 0 Å². The number of aryl methyl sites for hydroxylation is 1. The Morgan fingerprint density at radius 2 is 1.77 bits per heavy atom. The van der Waals surface area contributed by atoms with Gasteiger partial charge in [-0.05, 0) is 61.2 Å². The number of unbranched alkanes of at least 4 members (excludes halogenated alkanes) is 1. The smallest absolute Gasteiger partial charge is 0.350 e. The third kappa shape index (κ3) is 6.67. The van der Waals surface area contributed by atoms with Crippen molar-refractivity contribution in [2.45, 2.75) is 46.6 Å². The van der Waals surface area contributed by atoms with Crippen LogP contribution in [0.15, 0.2) is 48.0 Å². The maximum absolute atomic E-state index is 13.6. The number of rotatable bonds is 12. The van der Waals surface area contributed by atoms with Gasteiger partial charge in [0.2, 0.25) is 0 Å². The summed E-state index contributed by atoms with van der Waals surface area (Å²) in [5.74, 6) is -1.13. The van der Waals surface area contributed by atoms with Crippen LogP contribution in [0.25, 0.3) is 5.76 Å². The Bertz CT molecular complexity index is 1530. The van der Waals surface area contributed by atoms with Gasteiger partial charge in [0.1, 0.15) is 16.4 Å². The molecule has 1 amide bonds. The van der Waals surface area contributed by atoms with Crippen molar-refractivity contribution in [2.24, 2.45) is 5.92 Å². The highest BCUT2D eigenvalue weighted by Crippen LogP contribution is 2.45. The molecule has 1 aliphatic rings.